The van der Waals surface area contributed by atoms with E-state index in [2.05, 4.69) is 43.3 Å². The number of hydrogen-bond donors (Lipinski definition) is 2. The summed E-state index contributed by atoms with van der Waals surface area (Å²) >= 11 is 0. The van der Waals surface area contributed by atoms with Gasteiger partial charge in [0.25, 0.3) is 0 Å². The fourth-order valence-electron chi connectivity index (χ4n) is 2.18. The molecule has 0 heterocycles. The second-order valence-electron chi connectivity index (χ2n) is 6.13. The van der Waals surface area contributed by atoms with E-state index in [1.807, 2.05) is 19.1 Å². The molecule has 0 aliphatic rings. The largest absolute Gasteiger partial charge is 0.493 e. The molecular formula is C19H34IN3O3. The normalized spacial score (nSPS) is 12.2. The quantitative estimate of drug-likeness (QED) is 0.320. The summed E-state index contributed by atoms with van der Waals surface area (Å²) in [5, 5.41) is 6.71. The van der Waals surface area contributed by atoms with Gasteiger partial charge in [0.1, 0.15) is 0 Å². The molecule has 1 unspecified atom stereocenters. The zero-order valence-corrected chi connectivity index (χ0v) is 19.3. The SMILES string of the molecule is CCNC(=NCc1cc(OC)c(OCC)c(OC)c1)NC(C)C(C)C.I. The molecule has 0 amide bonds. The summed E-state index contributed by atoms with van der Waals surface area (Å²) in [6.07, 6.45) is 0. The van der Waals surface area contributed by atoms with E-state index in [-0.39, 0.29) is 24.0 Å². The number of halogens is 1. The van der Waals surface area contributed by atoms with Crippen molar-refractivity contribution < 1.29 is 14.2 Å². The summed E-state index contributed by atoms with van der Waals surface area (Å²) in [7, 11) is 3.25. The summed E-state index contributed by atoms with van der Waals surface area (Å²) < 4.78 is 16.5. The number of nitrogens with zero attached hydrogens (tertiary/aromatic N) is 1. The number of benzene rings is 1. The molecule has 0 fully saturated rings. The highest BCUT2D eigenvalue weighted by atomic mass is 127. The minimum atomic E-state index is 0. The average Bonchev–Trinajstić information content (AvgIpc) is 2.60. The van der Waals surface area contributed by atoms with E-state index in [1.165, 1.54) is 0 Å². The van der Waals surface area contributed by atoms with Crippen LogP contribution in [0.25, 0.3) is 0 Å². The Bertz CT molecular complexity index is 540. The van der Waals surface area contributed by atoms with Gasteiger partial charge in [0, 0.05) is 12.6 Å². The summed E-state index contributed by atoms with van der Waals surface area (Å²) in [5.74, 6) is 3.25. The van der Waals surface area contributed by atoms with Gasteiger partial charge in [-0.15, -0.1) is 24.0 Å². The van der Waals surface area contributed by atoms with Crippen molar-refractivity contribution in [1.29, 1.82) is 0 Å². The van der Waals surface area contributed by atoms with Crippen molar-refractivity contribution in [3.8, 4) is 17.2 Å². The van der Waals surface area contributed by atoms with Crippen molar-refractivity contribution in [2.75, 3.05) is 27.4 Å². The van der Waals surface area contributed by atoms with Gasteiger partial charge in [0.05, 0.1) is 27.4 Å². The van der Waals surface area contributed by atoms with Gasteiger partial charge in [-0.1, -0.05) is 13.8 Å². The topological polar surface area (TPSA) is 64.1 Å². The highest BCUT2D eigenvalue weighted by Crippen LogP contribution is 2.38. The van der Waals surface area contributed by atoms with Crippen LogP contribution in [0.4, 0.5) is 0 Å². The Morgan fingerprint density at radius 2 is 1.65 bits per heavy atom. The lowest BCUT2D eigenvalue weighted by Crippen LogP contribution is -2.44. The molecular weight excluding hydrogens is 445 g/mol. The molecule has 0 aliphatic heterocycles. The van der Waals surface area contributed by atoms with Gasteiger partial charge in [0.15, 0.2) is 17.5 Å². The molecule has 0 bridgehead atoms. The molecule has 0 saturated carbocycles. The number of guanidine groups is 1. The van der Waals surface area contributed by atoms with Crippen LogP contribution in [-0.4, -0.2) is 39.4 Å². The average molecular weight is 479 g/mol. The van der Waals surface area contributed by atoms with Crippen LogP contribution in [0.15, 0.2) is 17.1 Å². The zero-order chi connectivity index (χ0) is 18.8. The molecule has 0 aromatic heterocycles. The van der Waals surface area contributed by atoms with Crippen molar-refractivity contribution >= 4 is 29.9 Å². The Kier molecular flexibility index (Phi) is 12.2. The molecule has 2 N–H and O–H groups in total. The van der Waals surface area contributed by atoms with Crippen molar-refractivity contribution in [2.24, 2.45) is 10.9 Å². The van der Waals surface area contributed by atoms with E-state index in [0.29, 0.717) is 42.4 Å². The lowest BCUT2D eigenvalue weighted by Gasteiger charge is -2.21. The lowest BCUT2D eigenvalue weighted by molar-refractivity contribution is 0.288. The first-order valence-electron chi connectivity index (χ1n) is 8.89. The second-order valence-corrected chi connectivity index (χ2v) is 6.13. The van der Waals surface area contributed by atoms with Gasteiger partial charge in [-0.3, -0.25) is 0 Å². The molecule has 0 radical (unpaired) electrons. The standard InChI is InChI=1S/C19H33N3O3.HI/c1-8-20-19(22-14(5)13(3)4)21-12-15-10-16(23-6)18(25-9-2)17(11-15)24-7;/h10-11,13-14H,8-9,12H2,1-7H3,(H2,20,21,22);1H. The molecule has 26 heavy (non-hydrogen) atoms. The molecule has 0 saturated heterocycles. The fraction of sp³-hybridized carbons (Fsp3) is 0.632. The van der Waals surface area contributed by atoms with Crippen LogP contribution >= 0.6 is 24.0 Å². The molecule has 6 nitrogen and oxygen atoms in total. The Balaban J connectivity index is 0.00000625. The van der Waals surface area contributed by atoms with Crippen LogP contribution in [0.2, 0.25) is 0 Å². The molecule has 1 rings (SSSR count). The van der Waals surface area contributed by atoms with Crippen molar-refractivity contribution in [1.82, 2.24) is 10.6 Å². The van der Waals surface area contributed by atoms with E-state index in [9.17, 15) is 0 Å². The number of methoxy groups -OCH3 is 2. The highest BCUT2D eigenvalue weighted by molar-refractivity contribution is 14.0. The Hall–Kier alpha value is -1.38. The predicted octanol–water partition coefficient (Wildman–Crippen LogP) is 3.82. The monoisotopic (exact) mass is 479 g/mol. The maximum absolute atomic E-state index is 5.64. The Labute approximate surface area is 175 Å². The fourth-order valence-corrected chi connectivity index (χ4v) is 2.18. The highest BCUT2D eigenvalue weighted by Gasteiger charge is 2.14. The van der Waals surface area contributed by atoms with E-state index in [0.717, 1.165) is 18.1 Å². The second kappa shape index (κ2) is 12.9. The number of nitrogens with one attached hydrogen (secondary N) is 2. The molecule has 0 spiro atoms. The maximum Gasteiger partial charge on any atom is 0.203 e. The summed E-state index contributed by atoms with van der Waals surface area (Å²) in [6, 6.07) is 4.21. The van der Waals surface area contributed by atoms with Crippen LogP contribution in [0.1, 0.15) is 40.2 Å². The van der Waals surface area contributed by atoms with Crippen LogP contribution in [-0.2, 0) is 6.54 Å². The molecule has 0 aliphatic carbocycles. The predicted molar refractivity (Wildman–Crippen MR) is 118 cm³/mol. The van der Waals surface area contributed by atoms with Crippen molar-refractivity contribution in [2.45, 2.75) is 47.2 Å². The minimum Gasteiger partial charge on any atom is -0.493 e. The number of ether oxygens (including phenoxy) is 3. The first kappa shape index (κ1) is 24.6. The molecule has 7 heteroatoms. The van der Waals surface area contributed by atoms with Crippen molar-refractivity contribution in [3.05, 3.63) is 17.7 Å². The third-order valence-electron chi connectivity index (χ3n) is 3.94. The molecule has 1 atom stereocenters. The van der Waals surface area contributed by atoms with E-state index >= 15 is 0 Å². The van der Waals surface area contributed by atoms with Crippen LogP contribution in [0.3, 0.4) is 0 Å². The van der Waals surface area contributed by atoms with Crippen LogP contribution in [0.5, 0.6) is 17.2 Å². The zero-order valence-electron chi connectivity index (χ0n) is 17.0. The van der Waals surface area contributed by atoms with Gasteiger partial charge >= 0.3 is 0 Å². The molecule has 150 valence electrons. The smallest absolute Gasteiger partial charge is 0.203 e. The van der Waals surface area contributed by atoms with E-state index < -0.39 is 0 Å². The first-order valence-corrected chi connectivity index (χ1v) is 8.89. The Morgan fingerprint density at radius 3 is 2.08 bits per heavy atom. The third-order valence-corrected chi connectivity index (χ3v) is 3.94. The van der Waals surface area contributed by atoms with Crippen molar-refractivity contribution in [3.63, 3.8) is 0 Å². The third kappa shape index (κ3) is 7.47. The number of aliphatic imine (C=N–C) groups is 1. The van der Waals surface area contributed by atoms with Gasteiger partial charge in [0.2, 0.25) is 5.75 Å². The summed E-state index contributed by atoms with van der Waals surface area (Å²) in [6.45, 7) is 12.4. The Morgan fingerprint density at radius 1 is 1.08 bits per heavy atom. The minimum absolute atomic E-state index is 0. The van der Waals surface area contributed by atoms with Crippen LogP contribution in [0, 0.1) is 5.92 Å². The van der Waals surface area contributed by atoms with Gasteiger partial charge < -0.3 is 24.8 Å². The van der Waals surface area contributed by atoms with Gasteiger partial charge in [-0.25, -0.2) is 4.99 Å². The summed E-state index contributed by atoms with van der Waals surface area (Å²) in [5.41, 5.74) is 0.992. The van der Waals surface area contributed by atoms with E-state index in [4.69, 9.17) is 14.2 Å². The van der Waals surface area contributed by atoms with Gasteiger partial charge in [-0.2, -0.15) is 0 Å². The van der Waals surface area contributed by atoms with E-state index in [1.54, 1.807) is 14.2 Å². The van der Waals surface area contributed by atoms with Gasteiger partial charge in [-0.05, 0) is 44.4 Å². The summed E-state index contributed by atoms with van der Waals surface area (Å²) in [4.78, 5) is 4.68. The molecule has 1 aromatic carbocycles. The molecule has 1 aromatic rings. The maximum atomic E-state index is 5.64. The first-order chi connectivity index (χ1) is 12.0. The number of rotatable bonds is 9. The van der Waals surface area contributed by atoms with Crippen LogP contribution < -0.4 is 24.8 Å². The lowest BCUT2D eigenvalue weighted by atomic mass is 10.1. The number of hydrogen-bond acceptors (Lipinski definition) is 4.